The van der Waals surface area contributed by atoms with Gasteiger partial charge < -0.3 is 0 Å². The van der Waals surface area contributed by atoms with E-state index in [1.807, 2.05) is 0 Å². The Kier molecular flexibility index (Phi) is 3.82. The Bertz CT molecular complexity index is 1060. The summed E-state index contributed by atoms with van der Waals surface area (Å²) in [5.74, 6) is 1.96. The van der Waals surface area contributed by atoms with Crippen molar-refractivity contribution in [2.45, 2.75) is 25.6 Å². The summed E-state index contributed by atoms with van der Waals surface area (Å²) < 4.78 is 57.8. The van der Waals surface area contributed by atoms with E-state index in [0.29, 0.717) is 18.0 Å². The molecule has 2 aromatic heterocycles. The van der Waals surface area contributed by atoms with Crippen LogP contribution in [0.4, 0.5) is 17.6 Å². The third-order valence-electron chi connectivity index (χ3n) is 4.90. The SMILES string of the molecule is Cn1c(=O)n(CC2CC2)c2ccc(-c3ccbcc3C(F)(F)F)c(F)c21. The number of imidazole rings is 1. The van der Waals surface area contributed by atoms with Gasteiger partial charge in [0, 0.05) is 0 Å². The molecule has 0 unspecified atom stereocenters. The summed E-state index contributed by atoms with van der Waals surface area (Å²) in [6, 6.07) is 4.10. The molecule has 3 nitrogen and oxygen atoms in total. The molecule has 0 atom stereocenters. The van der Waals surface area contributed by atoms with Gasteiger partial charge >= 0.3 is 146 Å². The predicted molar refractivity (Wildman–Crippen MR) is 91.6 cm³/mol. The van der Waals surface area contributed by atoms with E-state index in [0.717, 1.165) is 18.8 Å². The maximum absolute atomic E-state index is 15.2. The number of aromatic nitrogens is 2. The van der Waals surface area contributed by atoms with Gasteiger partial charge in [-0.3, -0.25) is 0 Å². The van der Waals surface area contributed by atoms with Crippen LogP contribution in [-0.2, 0) is 19.8 Å². The monoisotopic (exact) mass is 362 g/mol. The zero-order valence-electron chi connectivity index (χ0n) is 14.0. The number of alkyl halides is 3. The molecule has 1 aliphatic rings. The molecule has 0 amide bonds. The normalized spacial score (nSPS) is 14.8. The average molecular weight is 362 g/mol. The molecular formula is C18H15BF4N2O. The molecule has 8 heteroatoms. The van der Waals surface area contributed by atoms with Crippen LogP contribution in [0.25, 0.3) is 22.2 Å². The van der Waals surface area contributed by atoms with E-state index in [4.69, 9.17) is 0 Å². The van der Waals surface area contributed by atoms with Crippen molar-refractivity contribution in [3.05, 3.63) is 52.0 Å². The number of hydrogen-bond acceptors (Lipinski definition) is 1. The van der Waals surface area contributed by atoms with E-state index in [2.05, 4.69) is 0 Å². The van der Waals surface area contributed by atoms with Crippen molar-refractivity contribution in [2.75, 3.05) is 0 Å². The number of rotatable bonds is 3. The second kappa shape index (κ2) is 5.82. The number of hydrogen-bond donors (Lipinski definition) is 0. The average Bonchev–Trinajstić information content (AvgIpc) is 3.38. The zero-order valence-corrected chi connectivity index (χ0v) is 14.0. The molecule has 4 rings (SSSR count). The summed E-state index contributed by atoms with van der Waals surface area (Å²) >= 11 is 0. The molecule has 26 heavy (non-hydrogen) atoms. The van der Waals surface area contributed by atoms with Crippen LogP contribution in [0, 0.1) is 11.7 Å². The van der Waals surface area contributed by atoms with Crippen LogP contribution < -0.4 is 5.69 Å². The van der Waals surface area contributed by atoms with Crippen LogP contribution in [-0.4, -0.2) is 16.0 Å². The maximum atomic E-state index is 15.2. The van der Waals surface area contributed by atoms with Gasteiger partial charge in [-0.1, -0.05) is 0 Å². The predicted octanol–water partition coefficient (Wildman–Crippen LogP) is 3.91. The minimum atomic E-state index is -4.60. The van der Waals surface area contributed by atoms with Crippen LogP contribution in [0.2, 0.25) is 0 Å². The van der Waals surface area contributed by atoms with Crippen LogP contribution in [0.5, 0.6) is 0 Å². The van der Waals surface area contributed by atoms with Crippen LogP contribution in [0.1, 0.15) is 18.4 Å². The van der Waals surface area contributed by atoms with Crippen LogP contribution >= 0.6 is 0 Å². The van der Waals surface area contributed by atoms with Gasteiger partial charge in [0.25, 0.3) is 0 Å². The van der Waals surface area contributed by atoms with E-state index < -0.39 is 17.6 Å². The summed E-state index contributed by atoms with van der Waals surface area (Å²) in [5, 5.41) is 0. The molecule has 0 aliphatic heterocycles. The molecule has 0 spiro atoms. The Morgan fingerprint density at radius 2 is 1.92 bits per heavy atom. The first-order valence-electron chi connectivity index (χ1n) is 8.33. The second-order valence-corrected chi connectivity index (χ2v) is 6.73. The minimum absolute atomic E-state index is 0.0325. The van der Waals surface area contributed by atoms with Gasteiger partial charge in [-0.15, -0.1) is 0 Å². The van der Waals surface area contributed by atoms with Crippen molar-refractivity contribution >= 4 is 17.9 Å². The van der Waals surface area contributed by atoms with Gasteiger partial charge in [0.15, 0.2) is 0 Å². The van der Waals surface area contributed by atoms with Crippen molar-refractivity contribution < 1.29 is 17.6 Å². The van der Waals surface area contributed by atoms with Gasteiger partial charge in [-0.05, 0) is 0 Å². The Balaban J connectivity index is 1.96. The first-order chi connectivity index (χ1) is 12.3. The number of aryl methyl sites for hydroxylation is 1. The Hall–Kier alpha value is -2.38. The molecule has 134 valence electrons. The summed E-state index contributed by atoms with van der Waals surface area (Å²) in [6.45, 7) is 1.78. The molecule has 0 bridgehead atoms. The van der Waals surface area contributed by atoms with Gasteiger partial charge in [0.1, 0.15) is 0 Å². The number of nitrogens with zero attached hydrogens (tertiary/aromatic N) is 2. The van der Waals surface area contributed by atoms with Gasteiger partial charge in [-0.2, -0.15) is 0 Å². The summed E-state index contributed by atoms with van der Waals surface area (Å²) in [6.07, 6.45) is -2.54. The van der Waals surface area contributed by atoms with Gasteiger partial charge in [0.2, 0.25) is 0 Å². The number of benzene rings is 1. The molecule has 0 N–H and O–H groups in total. The van der Waals surface area contributed by atoms with E-state index in [1.165, 1.54) is 47.3 Å². The quantitative estimate of drug-likeness (QED) is 0.649. The molecular weight excluding hydrogens is 347 g/mol. The molecule has 1 aromatic carbocycles. The molecule has 2 heterocycles. The molecule has 0 radical (unpaired) electrons. The number of fused-ring (bicyclic) bond motifs is 1. The third-order valence-corrected chi connectivity index (χ3v) is 4.90. The fraction of sp³-hybridized carbons (Fsp3) is 0.333. The Labute approximate surface area is 147 Å². The van der Waals surface area contributed by atoms with Crippen molar-refractivity contribution in [3.8, 4) is 11.1 Å². The van der Waals surface area contributed by atoms with Crippen molar-refractivity contribution in [1.82, 2.24) is 9.13 Å². The topological polar surface area (TPSA) is 26.9 Å². The van der Waals surface area contributed by atoms with E-state index in [9.17, 15) is 18.0 Å². The zero-order chi connectivity index (χ0) is 18.6. The Morgan fingerprint density at radius 1 is 1.19 bits per heavy atom. The van der Waals surface area contributed by atoms with Crippen LogP contribution in [0.15, 0.2) is 34.9 Å². The standard InChI is InChI=1S/C18H15BF4N2O/c1-24-16-14(25(17(24)26)9-10-2-3-10)5-4-12(15(16)20)11-6-7-19-8-13(11)18(21,22)23/h4-8,10H,2-3,9H2,1H3. The molecule has 1 aliphatic carbocycles. The first-order valence-corrected chi connectivity index (χ1v) is 8.33. The fourth-order valence-electron chi connectivity index (χ4n) is 3.38. The van der Waals surface area contributed by atoms with E-state index in [1.54, 1.807) is 0 Å². The van der Waals surface area contributed by atoms with Crippen LogP contribution in [0.3, 0.4) is 0 Å². The summed E-state index contributed by atoms with van der Waals surface area (Å²) in [7, 11) is 1.44. The number of halogens is 4. The third kappa shape index (κ3) is 2.68. The summed E-state index contributed by atoms with van der Waals surface area (Å²) in [4.78, 5) is 12.5. The first kappa shape index (κ1) is 17.1. The molecule has 0 saturated heterocycles. The van der Waals surface area contributed by atoms with E-state index in [-0.39, 0.29) is 22.3 Å². The van der Waals surface area contributed by atoms with Crippen molar-refractivity contribution in [3.63, 3.8) is 0 Å². The van der Waals surface area contributed by atoms with Gasteiger partial charge in [0.05, 0.1) is 0 Å². The fourth-order valence-corrected chi connectivity index (χ4v) is 3.38. The molecule has 3 aromatic rings. The Morgan fingerprint density at radius 3 is 2.58 bits per heavy atom. The molecule has 1 fully saturated rings. The van der Waals surface area contributed by atoms with E-state index >= 15 is 4.39 Å². The van der Waals surface area contributed by atoms with Crippen molar-refractivity contribution in [1.29, 1.82) is 0 Å². The summed E-state index contributed by atoms with van der Waals surface area (Å²) in [5.41, 5.74) is -1.21. The second-order valence-electron chi connectivity index (χ2n) is 6.73. The van der Waals surface area contributed by atoms with Gasteiger partial charge in [-0.25, -0.2) is 0 Å². The van der Waals surface area contributed by atoms with Crippen molar-refractivity contribution in [2.24, 2.45) is 13.0 Å². The molecule has 1 saturated carbocycles.